The van der Waals surface area contributed by atoms with Crippen LogP contribution < -0.4 is 0 Å². The van der Waals surface area contributed by atoms with Gasteiger partial charge in [0.2, 0.25) is 10.9 Å². The average molecular weight is 268 g/mol. The number of aryl methyl sites for hydroxylation is 2. The van der Waals surface area contributed by atoms with E-state index in [0.717, 1.165) is 5.56 Å². The minimum atomic E-state index is -0.468. The van der Waals surface area contributed by atoms with Gasteiger partial charge in [0.1, 0.15) is 5.76 Å². The molecule has 2 heterocycles. The Morgan fingerprint density at radius 1 is 1.61 bits per heavy atom. The van der Waals surface area contributed by atoms with Crippen molar-refractivity contribution in [3.05, 3.63) is 23.2 Å². The molecular weight excluding hydrogens is 256 g/mol. The van der Waals surface area contributed by atoms with Crippen LogP contribution in [0.25, 0.3) is 0 Å². The highest BCUT2D eigenvalue weighted by Crippen LogP contribution is 2.23. The van der Waals surface area contributed by atoms with Crippen molar-refractivity contribution in [2.24, 2.45) is 7.05 Å². The van der Waals surface area contributed by atoms with E-state index in [1.54, 1.807) is 18.7 Å². The highest BCUT2D eigenvalue weighted by Gasteiger charge is 2.16. The molecule has 0 radical (unpaired) electrons. The Labute approximate surface area is 107 Å². The molecule has 0 atom stereocenters. The Morgan fingerprint density at radius 2 is 2.39 bits per heavy atom. The molecule has 0 unspecified atom stereocenters. The first-order valence-electron chi connectivity index (χ1n) is 5.14. The van der Waals surface area contributed by atoms with E-state index in [9.17, 15) is 4.79 Å². The lowest BCUT2D eigenvalue weighted by molar-refractivity contribution is 0.0562. The van der Waals surface area contributed by atoms with E-state index in [-0.39, 0.29) is 5.76 Å². The van der Waals surface area contributed by atoms with Crippen LogP contribution in [-0.4, -0.2) is 33.3 Å². The number of tetrazole rings is 1. The van der Waals surface area contributed by atoms with Gasteiger partial charge in [0.25, 0.3) is 0 Å². The molecule has 0 saturated heterocycles. The summed E-state index contributed by atoms with van der Waals surface area (Å²) in [4.78, 5) is 11.4. The molecule has 8 heteroatoms. The summed E-state index contributed by atoms with van der Waals surface area (Å²) in [5, 5.41) is 11.8. The number of hydrogen-bond donors (Lipinski definition) is 0. The number of thioether (sulfide) groups is 1. The zero-order chi connectivity index (χ0) is 13.1. The summed E-state index contributed by atoms with van der Waals surface area (Å²) in [5.41, 5.74) is 0.758. The fourth-order valence-corrected chi connectivity index (χ4v) is 2.12. The number of esters is 1. The summed E-state index contributed by atoms with van der Waals surface area (Å²) >= 11 is 1.43. The molecule has 0 fully saturated rings. The molecule has 2 rings (SSSR count). The lowest BCUT2D eigenvalue weighted by atomic mass is 10.3. The molecule has 96 valence electrons. The van der Waals surface area contributed by atoms with E-state index < -0.39 is 5.97 Å². The van der Waals surface area contributed by atoms with Gasteiger partial charge >= 0.3 is 5.97 Å². The van der Waals surface area contributed by atoms with E-state index in [2.05, 4.69) is 20.3 Å². The largest absolute Gasteiger partial charge is 0.463 e. The second-order valence-electron chi connectivity index (χ2n) is 3.59. The maximum atomic E-state index is 11.4. The molecule has 18 heavy (non-hydrogen) atoms. The Bertz CT molecular complexity index is 563. The van der Waals surface area contributed by atoms with Gasteiger partial charge in [0, 0.05) is 12.6 Å². The molecule has 2 aromatic rings. The molecule has 0 N–H and O–H groups in total. The van der Waals surface area contributed by atoms with E-state index in [0.29, 0.717) is 16.7 Å². The van der Waals surface area contributed by atoms with Gasteiger partial charge in [-0.1, -0.05) is 11.8 Å². The van der Waals surface area contributed by atoms with E-state index in [4.69, 9.17) is 4.42 Å². The van der Waals surface area contributed by atoms with Crippen LogP contribution in [0.15, 0.2) is 15.6 Å². The number of rotatable bonds is 4. The van der Waals surface area contributed by atoms with E-state index in [1.165, 1.54) is 18.9 Å². The lowest BCUT2D eigenvalue weighted by Gasteiger charge is -1.97. The van der Waals surface area contributed by atoms with Crippen LogP contribution in [0.4, 0.5) is 0 Å². The number of aromatic nitrogens is 4. The van der Waals surface area contributed by atoms with Crippen LogP contribution in [0.2, 0.25) is 0 Å². The van der Waals surface area contributed by atoms with Crippen LogP contribution in [0.1, 0.15) is 21.9 Å². The van der Waals surface area contributed by atoms with Gasteiger partial charge in [0.05, 0.1) is 12.9 Å². The SMILES string of the molecule is COC(=O)c1oc(CSc2nnnn2C)cc1C. The zero-order valence-electron chi connectivity index (χ0n) is 10.2. The molecule has 0 amide bonds. The first-order chi connectivity index (χ1) is 8.61. The van der Waals surface area contributed by atoms with Crippen LogP contribution >= 0.6 is 11.8 Å². The van der Waals surface area contributed by atoms with Gasteiger partial charge < -0.3 is 9.15 Å². The molecule has 0 aliphatic rings. The molecule has 2 aromatic heterocycles. The van der Waals surface area contributed by atoms with Crippen molar-refractivity contribution in [2.75, 3.05) is 7.11 Å². The number of methoxy groups -OCH3 is 1. The first kappa shape index (κ1) is 12.6. The topological polar surface area (TPSA) is 83.0 Å². The van der Waals surface area contributed by atoms with Gasteiger partial charge in [-0.3, -0.25) is 0 Å². The molecule has 7 nitrogen and oxygen atoms in total. The van der Waals surface area contributed by atoms with Crippen molar-refractivity contribution >= 4 is 17.7 Å². The predicted octanol–water partition coefficient (Wildman–Crippen LogP) is 1.19. The number of carbonyl (C=O) groups excluding carboxylic acids is 1. The summed E-state index contributed by atoms with van der Waals surface area (Å²) in [6.07, 6.45) is 0. The fraction of sp³-hybridized carbons (Fsp3) is 0.400. The summed E-state index contributed by atoms with van der Waals surface area (Å²) < 4.78 is 11.6. The third kappa shape index (κ3) is 2.53. The smallest absolute Gasteiger partial charge is 0.374 e. The third-order valence-corrected chi connectivity index (χ3v) is 3.30. The maximum absolute atomic E-state index is 11.4. The molecule has 0 saturated carbocycles. The highest BCUT2D eigenvalue weighted by atomic mass is 32.2. The molecule has 0 aliphatic carbocycles. The van der Waals surface area contributed by atoms with Crippen molar-refractivity contribution in [1.29, 1.82) is 0 Å². The Balaban J connectivity index is 2.07. The van der Waals surface area contributed by atoms with Crippen LogP contribution in [-0.2, 0) is 17.5 Å². The van der Waals surface area contributed by atoms with Crippen molar-refractivity contribution < 1.29 is 13.9 Å². The molecular formula is C10H12N4O3S. The highest BCUT2D eigenvalue weighted by molar-refractivity contribution is 7.98. The second-order valence-corrected chi connectivity index (χ2v) is 4.53. The molecule has 0 bridgehead atoms. The lowest BCUT2D eigenvalue weighted by Crippen LogP contribution is -2.00. The number of carbonyl (C=O) groups is 1. The predicted molar refractivity (Wildman–Crippen MR) is 63.1 cm³/mol. The monoisotopic (exact) mass is 268 g/mol. The minimum Gasteiger partial charge on any atom is -0.463 e. The van der Waals surface area contributed by atoms with Crippen LogP contribution in [0.5, 0.6) is 0 Å². The quantitative estimate of drug-likeness (QED) is 0.608. The van der Waals surface area contributed by atoms with Gasteiger partial charge in [-0.2, -0.15) is 0 Å². The minimum absolute atomic E-state index is 0.240. The fourth-order valence-electron chi connectivity index (χ4n) is 1.39. The molecule has 0 spiro atoms. The van der Waals surface area contributed by atoms with E-state index in [1.807, 2.05) is 6.07 Å². The normalized spacial score (nSPS) is 10.6. The summed E-state index contributed by atoms with van der Waals surface area (Å²) in [6.45, 7) is 1.80. The molecule has 0 aromatic carbocycles. The van der Waals surface area contributed by atoms with Crippen LogP contribution in [0.3, 0.4) is 0 Å². The van der Waals surface area contributed by atoms with E-state index >= 15 is 0 Å². The summed E-state index contributed by atoms with van der Waals surface area (Å²) in [5.74, 6) is 1.00. The summed E-state index contributed by atoms with van der Waals surface area (Å²) in [6, 6.07) is 1.81. The maximum Gasteiger partial charge on any atom is 0.374 e. The standard InChI is InChI=1S/C10H12N4O3S/c1-6-4-7(17-8(6)9(15)16-3)5-18-10-11-12-13-14(10)2/h4H,5H2,1-3H3. The molecule has 0 aliphatic heterocycles. The number of nitrogens with zero attached hydrogens (tertiary/aromatic N) is 4. The van der Waals surface area contributed by atoms with Crippen molar-refractivity contribution in [3.8, 4) is 0 Å². The van der Waals surface area contributed by atoms with Gasteiger partial charge in [-0.25, -0.2) is 9.48 Å². The summed E-state index contributed by atoms with van der Waals surface area (Å²) in [7, 11) is 3.08. The zero-order valence-corrected chi connectivity index (χ0v) is 11.0. The van der Waals surface area contributed by atoms with Crippen molar-refractivity contribution in [3.63, 3.8) is 0 Å². The average Bonchev–Trinajstić information content (AvgIpc) is 2.92. The second kappa shape index (κ2) is 5.21. The Hall–Kier alpha value is -1.83. The van der Waals surface area contributed by atoms with Gasteiger partial charge in [-0.15, -0.1) is 5.10 Å². The first-order valence-corrected chi connectivity index (χ1v) is 6.13. The van der Waals surface area contributed by atoms with Gasteiger partial charge in [0.15, 0.2) is 0 Å². The third-order valence-electron chi connectivity index (χ3n) is 2.26. The number of hydrogen-bond acceptors (Lipinski definition) is 7. The van der Waals surface area contributed by atoms with Crippen molar-refractivity contribution in [2.45, 2.75) is 17.8 Å². The Kier molecular flexibility index (Phi) is 3.66. The van der Waals surface area contributed by atoms with Crippen molar-refractivity contribution in [1.82, 2.24) is 20.2 Å². The Morgan fingerprint density at radius 3 is 3.00 bits per heavy atom. The van der Waals surface area contributed by atoms with Crippen LogP contribution in [0, 0.1) is 6.92 Å². The number of furan rings is 1. The van der Waals surface area contributed by atoms with Gasteiger partial charge in [-0.05, 0) is 23.4 Å². The number of ether oxygens (including phenoxy) is 1.